The van der Waals surface area contributed by atoms with Crippen molar-refractivity contribution in [2.24, 2.45) is 5.73 Å². The van der Waals surface area contributed by atoms with E-state index in [1.807, 2.05) is 0 Å². The van der Waals surface area contributed by atoms with E-state index in [-0.39, 0.29) is 0 Å². The minimum Gasteiger partial charge on any atom is -0.326 e. The fraction of sp³-hybridized carbons (Fsp3) is 0.500. The van der Waals surface area contributed by atoms with E-state index < -0.39 is 10.0 Å². The fourth-order valence-corrected chi connectivity index (χ4v) is 3.56. The Kier molecular flexibility index (Phi) is 3.65. The van der Waals surface area contributed by atoms with Crippen molar-refractivity contribution in [3.8, 4) is 0 Å². The number of hydrogen-bond donors (Lipinski definition) is 1. The Hall–Kier alpha value is -0.430. The lowest BCUT2D eigenvalue weighted by molar-refractivity contribution is 0.488. The zero-order valence-corrected chi connectivity index (χ0v) is 9.86. The number of sulfonamides is 1. The summed E-state index contributed by atoms with van der Waals surface area (Å²) in [6, 6.07) is 3.36. The highest BCUT2D eigenvalue weighted by molar-refractivity contribution is 7.91. The standard InChI is InChI=1S/C8H14N2O2S2/c1-3-10(2)14(11,12)8-5-4-7(6-9)13-8/h4-5H,3,6,9H2,1-2H3. The predicted molar refractivity (Wildman–Crippen MR) is 57.7 cm³/mol. The predicted octanol–water partition coefficient (Wildman–Crippen LogP) is 0.847. The molecule has 0 atom stereocenters. The van der Waals surface area contributed by atoms with Crippen molar-refractivity contribution < 1.29 is 8.42 Å². The third-order valence-corrected chi connectivity index (χ3v) is 5.46. The van der Waals surface area contributed by atoms with Gasteiger partial charge in [0.15, 0.2) is 0 Å². The van der Waals surface area contributed by atoms with E-state index >= 15 is 0 Å². The highest BCUT2D eigenvalue weighted by atomic mass is 32.2. The first kappa shape index (κ1) is 11.6. The maximum Gasteiger partial charge on any atom is 0.252 e. The van der Waals surface area contributed by atoms with E-state index in [4.69, 9.17) is 5.73 Å². The van der Waals surface area contributed by atoms with Crippen molar-refractivity contribution in [2.75, 3.05) is 13.6 Å². The quantitative estimate of drug-likeness (QED) is 0.840. The first-order valence-corrected chi connectivity index (χ1v) is 6.53. The minimum atomic E-state index is -3.28. The van der Waals surface area contributed by atoms with Crippen molar-refractivity contribution in [2.45, 2.75) is 17.7 Å². The van der Waals surface area contributed by atoms with Gasteiger partial charge in [0.2, 0.25) is 0 Å². The van der Waals surface area contributed by atoms with Gasteiger partial charge in [-0.3, -0.25) is 0 Å². The molecule has 0 aliphatic rings. The summed E-state index contributed by atoms with van der Waals surface area (Å²) in [6.45, 7) is 2.66. The van der Waals surface area contributed by atoms with E-state index in [1.54, 1.807) is 26.1 Å². The Morgan fingerprint density at radius 1 is 1.50 bits per heavy atom. The van der Waals surface area contributed by atoms with E-state index in [2.05, 4.69) is 0 Å². The average Bonchev–Trinajstić information content (AvgIpc) is 2.65. The van der Waals surface area contributed by atoms with Crippen LogP contribution in [0, 0.1) is 0 Å². The smallest absolute Gasteiger partial charge is 0.252 e. The van der Waals surface area contributed by atoms with E-state index in [1.165, 1.54) is 15.6 Å². The van der Waals surface area contributed by atoms with Gasteiger partial charge in [0.1, 0.15) is 4.21 Å². The van der Waals surface area contributed by atoms with Gasteiger partial charge in [-0.2, -0.15) is 0 Å². The normalized spacial score (nSPS) is 12.3. The molecule has 1 heterocycles. The Morgan fingerprint density at radius 3 is 2.57 bits per heavy atom. The Bertz CT molecular complexity index is 397. The molecule has 6 heteroatoms. The summed E-state index contributed by atoms with van der Waals surface area (Å²) >= 11 is 1.23. The second-order valence-corrected chi connectivity index (χ2v) is 6.28. The molecule has 1 aromatic rings. The van der Waals surface area contributed by atoms with Gasteiger partial charge < -0.3 is 5.73 Å². The number of nitrogens with zero attached hydrogens (tertiary/aromatic N) is 1. The molecule has 0 radical (unpaired) electrons. The summed E-state index contributed by atoms with van der Waals surface area (Å²) in [5.74, 6) is 0. The van der Waals surface area contributed by atoms with Crippen LogP contribution in [-0.4, -0.2) is 26.3 Å². The molecule has 0 spiro atoms. The second kappa shape index (κ2) is 4.39. The summed E-state index contributed by atoms with van der Waals surface area (Å²) in [6.07, 6.45) is 0. The van der Waals surface area contributed by atoms with E-state index in [0.29, 0.717) is 17.3 Å². The SMILES string of the molecule is CCN(C)S(=O)(=O)c1ccc(CN)s1. The molecule has 0 aliphatic heterocycles. The molecule has 80 valence electrons. The van der Waals surface area contributed by atoms with E-state index in [9.17, 15) is 8.42 Å². The molecule has 0 aromatic carbocycles. The van der Waals surface area contributed by atoms with Crippen LogP contribution in [0.2, 0.25) is 0 Å². The van der Waals surface area contributed by atoms with Crippen LogP contribution in [-0.2, 0) is 16.6 Å². The van der Waals surface area contributed by atoms with Gasteiger partial charge in [0, 0.05) is 25.0 Å². The maximum atomic E-state index is 11.8. The fourth-order valence-electron chi connectivity index (χ4n) is 0.930. The molecule has 1 aromatic heterocycles. The van der Waals surface area contributed by atoms with Gasteiger partial charge in [0.25, 0.3) is 10.0 Å². The van der Waals surface area contributed by atoms with Crippen molar-refractivity contribution in [1.82, 2.24) is 4.31 Å². The van der Waals surface area contributed by atoms with Crippen LogP contribution < -0.4 is 5.73 Å². The molecule has 0 fully saturated rings. The van der Waals surface area contributed by atoms with Crippen LogP contribution in [0.25, 0.3) is 0 Å². The summed E-state index contributed by atoms with van der Waals surface area (Å²) in [7, 11) is -1.72. The molecular weight excluding hydrogens is 220 g/mol. The van der Waals surface area contributed by atoms with Crippen molar-refractivity contribution in [3.63, 3.8) is 0 Å². The zero-order chi connectivity index (χ0) is 10.8. The van der Waals surface area contributed by atoms with E-state index in [0.717, 1.165) is 4.88 Å². The molecule has 2 N–H and O–H groups in total. The maximum absolute atomic E-state index is 11.8. The largest absolute Gasteiger partial charge is 0.326 e. The molecule has 4 nitrogen and oxygen atoms in total. The Morgan fingerprint density at radius 2 is 2.14 bits per heavy atom. The zero-order valence-electron chi connectivity index (χ0n) is 8.23. The van der Waals surface area contributed by atoms with Crippen LogP contribution in [0.4, 0.5) is 0 Å². The second-order valence-electron chi connectivity index (χ2n) is 2.84. The highest BCUT2D eigenvalue weighted by Crippen LogP contribution is 2.23. The monoisotopic (exact) mass is 234 g/mol. The van der Waals surface area contributed by atoms with Crippen LogP contribution in [0.3, 0.4) is 0 Å². The van der Waals surface area contributed by atoms with Crippen LogP contribution in [0.15, 0.2) is 16.3 Å². The summed E-state index contributed by atoms with van der Waals surface area (Å²) in [5, 5.41) is 0. The molecule has 0 aliphatic carbocycles. The third kappa shape index (κ3) is 2.14. The summed E-state index contributed by atoms with van der Waals surface area (Å²) in [4.78, 5) is 0.882. The number of nitrogens with two attached hydrogens (primary N) is 1. The van der Waals surface area contributed by atoms with Gasteiger partial charge >= 0.3 is 0 Å². The molecule has 14 heavy (non-hydrogen) atoms. The highest BCUT2D eigenvalue weighted by Gasteiger charge is 2.20. The minimum absolute atomic E-state index is 0.363. The number of hydrogen-bond acceptors (Lipinski definition) is 4. The Labute approximate surface area is 88.4 Å². The molecule has 0 unspecified atom stereocenters. The van der Waals surface area contributed by atoms with Crippen LogP contribution in [0.5, 0.6) is 0 Å². The van der Waals surface area contributed by atoms with Gasteiger partial charge in [-0.25, -0.2) is 12.7 Å². The molecule has 0 saturated carbocycles. The molecule has 0 saturated heterocycles. The number of rotatable bonds is 4. The van der Waals surface area contributed by atoms with Crippen molar-refractivity contribution in [1.29, 1.82) is 0 Å². The topological polar surface area (TPSA) is 63.4 Å². The Balaban J connectivity index is 3.04. The van der Waals surface area contributed by atoms with Crippen molar-refractivity contribution in [3.05, 3.63) is 17.0 Å². The summed E-state index contributed by atoms with van der Waals surface area (Å²) < 4.78 is 25.3. The van der Waals surface area contributed by atoms with Gasteiger partial charge in [-0.05, 0) is 12.1 Å². The third-order valence-electron chi connectivity index (χ3n) is 1.95. The van der Waals surface area contributed by atoms with Gasteiger partial charge in [-0.1, -0.05) is 6.92 Å². The molecule has 1 rings (SSSR count). The van der Waals surface area contributed by atoms with Gasteiger partial charge in [0.05, 0.1) is 0 Å². The molecule has 0 bridgehead atoms. The average molecular weight is 234 g/mol. The molecule has 0 amide bonds. The van der Waals surface area contributed by atoms with Gasteiger partial charge in [-0.15, -0.1) is 11.3 Å². The molecular formula is C8H14N2O2S2. The van der Waals surface area contributed by atoms with Crippen LogP contribution >= 0.6 is 11.3 Å². The first-order chi connectivity index (χ1) is 6.52. The summed E-state index contributed by atoms with van der Waals surface area (Å²) in [5.41, 5.74) is 5.42. The first-order valence-electron chi connectivity index (χ1n) is 4.27. The number of thiophene rings is 1. The van der Waals surface area contributed by atoms with Crippen LogP contribution in [0.1, 0.15) is 11.8 Å². The lowest BCUT2D eigenvalue weighted by Gasteiger charge is -2.12. The lowest BCUT2D eigenvalue weighted by Crippen LogP contribution is -2.25. The van der Waals surface area contributed by atoms with Crippen molar-refractivity contribution >= 4 is 21.4 Å². The lowest BCUT2D eigenvalue weighted by atomic mass is 10.5.